The summed E-state index contributed by atoms with van der Waals surface area (Å²) >= 11 is 22.0. The van der Waals surface area contributed by atoms with Crippen LogP contribution in [-0.4, -0.2) is 21.7 Å². The molecule has 0 fully saturated rings. The van der Waals surface area contributed by atoms with Gasteiger partial charge in [-0.05, 0) is 108 Å². The highest BCUT2D eigenvalue weighted by Crippen LogP contribution is 2.45. The van der Waals surface area contributed by atoms with Crippen molar-refractivity contribution in [2.75, 3.05) is 16.0 Å². The Balaban J connectivity index is 1.19. The summed E-state index contributed by atoms with van der Waals surface area (Å²) in [6.45, 7) is 0. The Bertz CT molecular complexity index is 2130. The van der Waals surface area contributed by atoms with Gasteiger partial charge < -0.3 is 21.1 Å². The Morgan fingerprint density at radius 1 is 0.783 bits per heavy atom. The maximum absolute atomic E-state index is 12.6. The number of anilines is 3. The van der Waals surface area contributed by atoms with E-state index in [1.165, 1.54) is 5.49 Å². The number of rotatable bonds is 9. The zero-order chi connectivity index (χ0) is 32.2. The summed E-state index contributed by atoms with van der Waals surface area (Å²) in [5, 5.41) is 20.9. The van der Waals surface area contributed by atoms with Crippen LogP contribution in [0.1, 0.15) is 10.4 Å². The van der Waals surface area contributed by atoms with Gasteiger partial charge in [0.15, 0.2) is 5.11 Å². The smallest absolute Gasteiger partial charge is 0.336 e. The Morgan fingerprint density at radius 3 is 2.09 bits per heavy atom. The number of nitrogens with one attached hydrogen (secondary N) is 3. The van der Waals surface area contributed by atoms with Crippen LogP contribution in [0.5, 0.6) is 0 Å². The van der Waals surface area contributed by atoms with Gasteiger partial charge in [-0.15, -0.1) is 24.0 Å². The minimum Gasteiger partial charge on any atom is -0.478 e. The molecule has 1 aliphatic heterocycles. The van der Waals surface area contributed by atoms with E-state index in [0.29, 0.717) is 16.4 Å². The standard InChI is InChI=1S/C34H23N3O2S7/c38-33(39)29-15-21(5-12-26(29)32-27-13-6-22(41)16-30(27)44-31-17-23(42)7-14-28(31)32)37-34(43)36-20-3-10-25(11-4-20)46-45-24-8-1-19(2-9-24)35-18-40/h1-18,41H,(H,35,40)(H,38,39)(H2,36,37,43). The topological polar surface area (TPSA) is 73.4 Å². The SMILES string of the molecule is O=C(O)c1cc(NC(=S)Nc2ccc(SSc3ccc(NC=S)cc3)cc2)ccc1-c1c2ccc(=S)cc-2sc2cc(S)ccc12. The van der Waals surface area contributed by atoms with Crippen LogP contribution in [-0.2, 0) is 0 Å². The number of hydrogen-bond donors (Lipinski definition) is 5. The second kappa shape index (κ2) is 14.5. The molecule has 4 aromatic carbocycles. The van der Waals surface area contributed by atoms with E-state index in [0.717, 1.165) is 56.7 Å². The molecule has 5 nitrogen and oxygen atoms in total. The average Bonchev–Trinajstić information content (AvgIpc) is 3.04. The molecule has 0 unspecified atom stereocenters. The number of hydrogen-bond acceptors (Lipinski definition) is 8. The van der Waals surface area contributed by atoms with Gasteiger partial charge in [0.2, 0.25) is 0 Å². The Labute approximate surface area is 299 Å². The lowest BCUT2D eigenvalue weighted by atomic mass is 9.92. The van der Waals surface area contributed by atoms with Crippen molar-refractivity contribution in [1.82, 2.24) is 0 Å². The van der Waals surface area contributed by atoms with E-state index < -0.39 is 5.97 Å². The average molecular weight is 730 g/mol. The zero-order valence-corrected chi connectivity index (χ0v) is 29.4. The number of fused-ring (bicyclic) bond motifs is 2. The van der Waals surface area contributed by atoms with Gasteiger partial charge >= 0.3 is 5.97 Å². The number of carboxylic acids is 1. The molecule has 1 aliphatic carbocycles. The maximum Gasteiger partial charge on any atom is 0.336 e. The lowest BCUT2D eigenvalue weighted by Crippen LogP contribution is -2.19. The lowest BCUT2D eigenvalue weighted by molar-refractivity contribution is 0.0698. The van der Waals surface area contributed by atoms with Crippen molar-refractivity contribution in [3.05, 3.63) is 113 Å². The first-order valence-corrected chi connectivity index (χ1v) is 18.4. The van der Waals surface area contributed by atoms with Crippen LogP contribution >= 0.6 is 82.2 Å². The van der Waals surface area contributed by atoms with Gasteiger partial charge in [-0.3, -0.25) is 0 Å². The van der Waals surface area contributed by atoms with E-state index in [9.17, 15) is 9.90 Å². The number of carboxylic acid groups (broad SMARTS) is 1. The maximum atomic E-state index is 12.6. The van der Waals surface area contributed by atoms with Crippen molar-refractivity contribution in [2.24, 2.45) is 0 Å². The fourth-order valence-corrected chi connectivity index (χ4v) is 8.85. The number of thiocarbonyl (C=S) groups is 2. The number of benzene rings is 5. The minimum absolute atomic E-state index is 0.160. The molecule has 0 spiro atoms. The third kappa shape index (κ3) is 7.55. The third-order valence-electron chi connectivity index (χ3n) is 6.88. The van der Waals surface area contributed by atoms with Gasteiger partial charge in [-0.1, -0.05) is 64.2 Å². The van der Waals surface area contributed by atoms with Crippen molar-refractivity contribution >= 4 is 126 Å². The molecule has 6 rings (SSSR count). The highest BCUT2D eigenvalue weighted by Gasteiger charge is 2.21. The molecule has 4 N–H and O–H groups in total. The summed E-state index contributed by atoms with van der Waals surface area (Å²) < 4.78 is 1.72. The summed E-state index contributed by atoms with van der Waals surface area (Å²) in [5.74, 6) is -1.04. The van der Waals surface area contributed by atoms with Gasteiger partial charge in [-0.25, -0.2) is 4.79 Å². The van der Waals surface area contributed by atoms with E-state index in [1.807, 2.05) is 97.1 Å². The van der Waals surface area contributed by atoms with E-state index in [4.69, 9.17) is 36.7 Å². The summed E-state index contributed by atoms with van der Waals surface area (Å²) in [5.41, 5.74) is 6.37. The molecular weight excluding hydrogens is 707 g/mol. The molecule has 0 saturated heterocycles. The normalized spacial score (nSPS) is 10.9. The summed E-state index contributed by atoms with van der Waals surface area (Å²) in [6, 6.07) is 33.0. The number of thiol groups is 1. The van der Waals surface area contributed by atoms with Crippen LogP contribution in [0.2, 0.25) is 0 Å². The van der Waals surface area contributed by atoms with E-state index in [2.05, 4.69) is 28.6 Å². The lowest BCUT2D eigenvalue weighted by Gasteiger charge is -2.18. The highest BCUT2D eigenvalue weighted by atomic mass is 33.1. The van der Waals surface area contributed by atoms with Crippen LogP contribution in [0.25, 0.3) is 31.7 Å². The third-order valence-corrected chi connectivity index (χ3v) is 11.3. The number of carbonyl (C=O) groups is 1. The van der Waals surface area contributed by atoms with Crippen LogP contribution in [0, 0.1) is 4.51 Å². The van der Waals surface area contributed by atoms with Crippen LogP contribution in [0.3, 0.4) is 0 Å². The van der Waals surface area contributed by atoms with E-state index in [1.54, 1.807) is 39.0 Å². The molecule has 46 heavy (non-hydrogen) atoms. The summed E-state index contributed by atoms with van der Waals surface area (Å²) in [7, 11) is 3.32. The van der Waals surface area contributed by atoms with Gasteiger partial charge in [0.1, 0.15) is 0 Å². The predicted octanol–water partition coefficient (Wildman–Crippen LogP) is 11.4. The first kappa shape index (κ1) is 32.5. The summed E-state index contributed by atoms with van der Waals surface area (Å²) in [6.07, 6.45) is 0. The molecule has 0 radical (unpaired) electrons. The first-order chi connectivity index (χ1) is 22.3. The van der Waals surface area contributed by atoms with E-state index in [-0.39, 0.29) is 5.56 Å². The summed E-state index contributed by atoms with van der Waals surface area (Å²) in [4.78, 5) is 16.6. The van der Waals surface area contributed by atoms with Crippen molar-refractivity contribution < 1.29 is 9.90 Å². The van der Waals surface area contributed by atoms with Crippen LogP contribution in [0.4, 0.5) is 17.1 Å². The second-order valence-corrected chi connectivity index (χ2v) is 14.9. The Morgan fingerprint density at radius 2 is 1.41 bits per heavy atom. The molecule has 2 aliphatic rings. The van der Waals surface area contributed by atoms with Crippen molar-refractivity contribution in [2.45, 2.75) is 14.7 Å². The van der Waals surface area contributed by atoms with Crippen molar-refractivity contribution in [3.8, 4) is 21.6 Å². The zero-order valence-electron chi connectivity index (χ0n) is 23.6. The molecule has 0 bridgehead atoms. The van der Waals surface area contributed by atoms with Crippen LogP contribution in [0.15, 0.2) is 118 Å². The van der Waals surface area contributed by atoms with Crippen LogP contribution < -0.4 is 16.0 Å². The van der Waals surface area contributed by atoms with Crippen molar-refractivity contribution in [1.29, 1.82) is 0 Å². The van der Waals surface area contributed by atoms with Gasteiger partial charge in [-0.2, -0.15) is 0 Å². The predicted molar refractivity (Wildman–Crippen MR) is 211 cm³/mol. The van der Waals surface area contributed by atoms with Crippen molar-refractivity contribution in [3.63, 3.8) is 0 Å². The minimum atomic E-state index is -1.04. The molecule has 0 amide bonds. The van der Waals surface area contributed by atoms with Gasteiger partial charge in [0.05, 0.1) is 11.1 Å². The van der Waals surface area contributed by atoms with Gasteiger partial charge in [0.25, 0.3) is 0 Å². The quantitative estimate of drug-likeness (QED) is 0.0430. The molecule has 228 valence electrons. The second-order valence-electron chi connectivity index (χ2n) is 9.94. The Hall–Kier alpha value is -3.49. The molecule has 12 heteroatoms. The molecule has 1 heterocycles. The fraction of sp³-hybridized carbons (Fsp3) is 0. The number of aromatic carboxylic acids is 1. The fourth-order valence-electron chi connectivity index (χ4n) is 4.82. The molecular formula is C34H23N3O2S7. The molecule has 0 aromatic heterocycles. The molecule has 0 saturated carbocycles. The van der Waals surface area contributed by atoms with Gasteiger partial charge in [0, 0.05) is 56.8 Å². The first-order valence-electron chi connectivity index (χ1n) is 13.7. The molecule has 0 atom stereocenters. The monoisotopic (exact) mass is 729 g/mol. The van der Waals surface area contributed by atoms with E-state index >= 15 is 0 Å². The Kier molecular flexibility index (Phi) is 10.2. The molecule has 4 aromatic rings. The largest absolute Gasteiger partial charge is 0.478 e. The highest BCUT2D eigenvalue weighted by molar-refractivity contribution is 8.76.